The molecule has 1 aliphatic carbocycles. The van der Waals surface area contributed by atoms with Gasteiger partial charge in [-0.15, -0.1) is 0 Å². The highest BCUT2D eigenvalue weighted by molar-refractivity contribution is 6.30. The van der Waals surface area contributed by atoms with Crippen molar-refractivity contribution in [2.24, 2.45) is 5.92 Å². The summed E-state index contributed by atoms with van der Waals surface area (Å²) >= 11 is 6.09. The Morgan fingerprint density at radius 1 is 1.04 bits per heavy atom. The van der Waals surface area contributed by atoms with Gasteiger partial charge in [-0.2, -0.15) is 0 Å². The molecule has 1 aliphatic rings. The van der Waals surface area contributed by atoms with E-state index in [0.29, 0.717) is 5.02 Å². The highest BCUT2D eigenvalue weighted by atomic mass is 35.5. The summed E-state index contributed by atoms with van der Waals surface area (Å²) in [6.45, 7) is -0.0147. The predicted octanol–water partition coefficient (Wildman–Crippen LogP) is 3.07. The zero-order chi connectivity index (χ0) is 16.9. The van der Waals surface area contributed by atoms with Crippen LogP contribution in [0.25, 0.3) is 0 Å². The van der Waals surface area contributed by atoms with Crippen LogP contribution in [0.15, 0.2) is 54.6 Å². The molecule has 5 heteroatoms. The molecule has 0 aliphatic heterocycles. The molecular weight excluding hydrogens is 324 g/mol. The van der Waals surface area contributed by atoms with Gasteiger partial charge < -0.3 is 10.6 Å². The molecule has 3 rings (SSSR count). The molecule has 0 saturated heterocycles. The van der Waals surface area contributed by atoms with Gasteiger partial charge in [0.15, 0.2) is 0 Å². The molecule has 24 heavy (non-hydrogen) atoms. The third kappa shape index (κ3) is 4.36. The van der Waals surface area contributed by atoms with Crippen LogP contribution in [0.3, 0.4) is 0 Å². The fourth-order valence-electron chi connectivity index (χ4n) is 2.56. The first kappa shape index (κ1) is 16.5. The largest absolute Gasteiger partial charge is 0.347 e. The maximum absolute atomic E-state index is 12.3. The Kier molecular flexibility index (Phi) is 5.16. The van der Waals surface area contributed by atoms with Crippen molar-refractivity contribution in [3.63, 3.8) is 0 Å². The quantitative estimate of drug-likeness (QED) is 0.847. The number of benzene rings is 2. The summed E-state index contributed by atoms with van der Waals surface area (Å²) in [5, 5.41) is 6.28. The van der Waals surface area contributed by atoms with E-state index in [2.05, 4.69) is 10.6 Å². The van der Waals surface area contributed by atoms with E-state index in [1.165, 1.54) is 0 Å². The summed E-state index contributed by atoms with van der Waals surface area (Å²) < 4.78 is 0. The van der Waals surface area contributed by atoms with E-state index in [0.717, 1.165) is 24.0 Å². The average Bonchev–Trinajstić information content (AvgIpc) is 3.43. The molecule has 0 spiro atoms. The van der Waals surface area contributed by atoms with Crippen molar-refractivity contribution < 1.29 is 9.59 Å². The lowest BCUT2D eigenvalue weighted by Gasteiger charge is -2.20. The van der Waals surface area contributed by atoms with Crippen LogP contribution in [-0.4, -0.2) is 18.4 Å². The predicted molar refractivity (Wildman–Crippen MR) is 93.6 cm³/mol. The van der Waals surface area contributed by atoms with E-state index in [1.807, 2.05) is 48.5 Å². The van der Waals surface area contributed by atoms with Crippen LogP contribution >= 0.6 is 11.6 Å². The molecule has 2 N–H and O–H groups in total. The highest BCUT2D eigenvalue weighted by Gasteiger charge is 2.29. The monoisotopic (exact) mass is 342 g/mol. The smallest absolute Gasteiger partial charge is 0.240 e. The van der Waals surface area contributed by atoms with E-state index >= 15 is 0 Å². The molecule has 2 amide bonds. The van der Waals surface area contributed by atoms with Crippen molar-refractivity contribution in [2.75, 3.05) is 6.54 Å². The minimum atomic E-state index is -0.310. The molecule has 0 unspecified atom stereocenters. The molecule has 1 fully saturated rings. The van der Waals surface area contributed by atoms with Crippen molar-refractivity contribution in [1.82, 2.24) is 10.6 Å². The van der Waals surface area contributed by atoms with Crippen LogP contribution in [0.2, 0.25) is 5.02 Å². The molecule has 2 aromatic carbocycles. The summed E-state index contributed by atoms with van der Waals surface area (Å²) in [5.74, 6) is -0.169. The first-order valence-corrected chi connectivity index (χ1v) is 8.39. The van der Waals surface area contributed by atoms with Gasteiger partial charge in [0, 0.05) is 10.9 Å². The summed E-state index contributed by atoms with van der Waals surface area (Å²) in [7, 11) is 0. The van der Waals surface area contributed by atoms with Crippen LogP contribution in [-0.2, 0) is 9.59 Å². The minimum absolute atomic E-state index is 0.0147. The normalized spacial score (nSPS) is 14.7. The number of halogens is 1. The Balaban J connectivity index is 1.72. The fourth-order valence-corrected chi connectivity index (χ4v) is 2.76. The van der Waals surface area contributed by atoms with Crippen LogP contribution in [0.5, 0.6) is 0 Å². The first-order chi connectivity index (χ1) is 11.6. The molecule has 0 heterocycles. The number of carbonyl (C=O) groups is 2. The molecule has 1 atom stereocenters. The number of hydrogen-bond donors (Lipinski definition) is 2. The van der Waals surface area contributed by atoms with Gasteiger partial charge >= 0.3 is 0 Å². The Bertz CT molecular complexity index is 729. The van der Waals surface area contributed by atoms with Crippen molar-refractivity contribution in [3.8, 4) is 0 Å². The molecule has 0 radical (unpaired) electrons. The van der Waals surface area contributed by atoms with Gasteiger partial charge in [0.2, 0.25) is 11.8 Å². The van der Waals surface area contributed by atoms with Crippen LogP contribution in [0, 0.1) is 5.92 Å². The number of carbonyl (C=O) groups excluding carboxylic acids is 2. The van der Waals surface area contributed by atoms with Gasteiger partial charge in [-0.3, -0.25) is 9.59 Å². The van der Waals surface area contributed by atoms with E-state index in [-0.39, 0.29) is 30.3 Å². The van der Waals surface area contributed by atoms with Gasteiger partial charge in [0.25, 0.3) is 0 Å². The second-order valence-corrected chi connectivity index (χ2v) is 6.39. The van der Waals surface area contributed by atoms with Crippen LogP contribution < -0.4 is 10.6 Å². The maximum Gasteiger partial charge on any atom is 0.240 e. The maximum atomic E-state index is 12.3. The number of hydrogen-bond acceptors (Lipinski definition) is 2. The van der Waals surface area contributed by atoms with Gasteiger partial charge in [0.1, 0.15) is 0 Å². The Labute approximate surface area is 146 Å². The second-order valence-electron chi connectivity index (χ2n) is 5.96. The molecule has 1 saturated carbocycles. The number of rotatable bonds is 6. The topological polar surface area (TPSA) is 58.2 Å². The molecule has 2 aromatic rings. The summed E-state index contributed by atoms with van der Waals surface area (Å²) in [4.78, 5) is 23.9. The van der Waals surface area contributed by atoms with Crippen molar-refractivity contribution >= 4 is 23.4 Å². The fraction of sp³-hybridized carbons (Fsp3) is 0.263. The minimum Gasteiger partial charge on any atom is -0.347 e. The van der Waals surface area contributed by atoms with Gasteiger partial charge in [0.05, 0.1) is 12.6 Å². The lowest BCUT2D eigenvalue weighted by atomic mass is 9.98. The van der Waals surface area contributed by atoms with Gasteiger partial charge in [-0.1, -0.05) is 54.1 Å². The number of nitrogens with one attached hydrogen (secondary N) is 2. The van der Waals surface area contributed by atoms with Gasteiger partial charge in [-0.25, -0.2) is 0 Å². The average molecular weight is 343 g/mol. The third-order valence-electron chi connectivity index (χ3n) is 3.99. The van der Waals surface area contributed by atoms with Crippen molar-refractivity contribution in [2.45, 2.75) is 18.9 Å². The lowest BCUT2D eigenvalue weighted by Crippen LogP contribution is -2.39. The summed E-state index contributed by atoms with van der Waals surface area (Å²) in [6.07, 6.45) is 1.84. The molecule has 0 bridgehead atoms. The molecule has 124 valence electrons. The first-order valence-electron chi connectivity index (χ1n) is 8.01. The van der Waals surface area contributed by atoms with Crippen molar-refractivity contribution in [3.05, 3.63) is 70.7 Å². The van der Waals surface area contributed by atoms with Crippen molar-refractivity contribution in [1.29, 1.82) is 0 Å². The van der Waals surface area contributed by atoms with E-state index in [9.17, 15) is 9.59 Å². The zero-order valence-electron chi connectivity index (χ0n) is 13.2. The van der Waals surface area contributed by atoms with E-state index < -0.39 is 0 Å². The lowest BCUT2D eigenvalue weighted by molar-refractivity contribution is -0.127. The Morgan fingerprint density at radius 3 is 2.42 bits per heavy atom. The van der Waals surface area contributed by atoms with E-state index in [1.54, 1.807) is 6.07 Å². The summed E-state index contributed by atoms with van der Waals surface area (Å²) in [6, 6.07) is 16.8. The SMILES string of the molecule is O=C(CNC(=O)C1CC1)N[C@H](c1ccccc1)c1cccc(Cl)c1. The Morgan fingerprint density at radius 2 is 1.75 bits per heavy atom. The Hall–Kier alpha value is -2.33. The zero-order valence-corrected chi connectivity index (χ0v) is 13.9. The number of amides is 2. The summed E-state index contributed by atoms with van der Waals surface area (Å²) in [5.41, 5.74) is 1.86. The standard InChI is InChI=1S/C19H19ClN2O2/c20-16-8-4-7-15(11-16)18(13-5-2-1-3-6-13)22-17(23)12-21-19(24)14-9-10-14/h1-8,11,14,18H,9-10,12H2,(H,21,24)(H,22,23)/t18-/m1/s1. The molecule has 4 nitrogen and oxygen atoms in total. The van der Waals surface area contributed by atoms with Crippen LogP contribution in [0.1, 0.15) is 30.0 Å². The molecular formula is C19H19ClN2O2. The highest BCUT2D eigenvalue weighted by Crippen LogP contribution is 2.28. The third-order valence-corrected chi connectivity index (χ3v) is 4.23. The molecule has 0 aromatic heterocycles. The van der Waals surface area contributed by atoms with E-state index in [4.69, 9.17) is 11.6 Å². The van der Waals surface area contributed by atoms with Gasteiger partial charge in [-0.05, 0) is 36.1 Å². The second kappa shape index (κ2) is 7.49. The van der Waals surface area contributed by atoms with Crippen LogP contribution in [0.4, 0.5) is 0 Å².